The third-order valence-corrected chi connectivity index (χ3v) is 16.6. The predicted molar refractivity (Wildman–Crippen MR) is 285 cm³/mol. The van der Waals surface area contributed by atoms with Crippen molar-refractivity contribution in [2.45, 2.75) is 77.8 Å². The lowest BCUT2D eigenvalue weighted by Gasteiger charge is -2.47. The molecule has 2 atom stereocenters. The predicted octanol–water partition coefficient (Wildman–Crippen LogP) is 7.28. The molecule has 4 fully saturated rings. The van der Waals surface area contributed by atoms with Gasteiger partial charge in [-0.15, -0.1) is 0 Å². The highest BCUT2D eigenvalue weighted by Gasteiger charge is 2.51. The summed E-state index contributed by atoms with van der Waals surface area (Å²) < 4.78 is 30.3. The van der Waals surface area contributed by atoms with Gasteiger partial charge in [0.2, 0.25) is 11.8 Å². The van der Waals surface area contributed by atoms with Crippen LogP contribution >= 0.6 is 0 Å². The molecule has 8 heterocycles. The number of hydrogen-bond acceptors (Lipinski definition) is 12. The number of pyridine rings is 2. The number of aromatic nitrogens is 2. The van der Waals surface area contributed by atoms with E-state index in [1.165, 1.54) is 24.3 Å². The molecule has 2 amide bonds. The maximum absolute atomic E-state index is 15.2. The van der Waals surface area contributed by atoms with Gasteiger partial charge in [0.25, 0.3) is 0 Å². The van der Waals surface area contributed by atoms with Gasteiger partial charge in [-0.05, 0) is 102 Å². The van der Waals surface area contributed by atoms with E-state index < -0.39 is 0 Å². The minimum atomic E-state index is -0.323. The molecule has 10 rings (SSSR count). The van der Waals surface area contributed by atoms with Crippen LogP contribution < -0.4 is 9.80 Å². The van der Waals surface area contributed by atoms with Gasteiger partial charge in [-0.1, -0.05) is 63.4 Å². The smallest absolute Gasteiger partial charge is 0.245 e. The Morgan fingerprint density at radius 3 is 1.35 bits per heavy atom. The minimum absolute atomic E-state index is 0.00536. The van der Waals surface area contributed by atoms with Gasteiger partial charge in [0.15, 0.2) is 0 Å². The van der Waals surface area contributed by atoms with Crippen LogP contribution in [-0.4, -0.2) is 157 Å². The first-order chi connectivity index (χ1) is 35.6. The highest BCUT2D eigenvalue weighted by atomic mass is 19.1. The van der Waals surface area contributed by atoms with Gasteiger partial charge in [-0.25, -0.2) is 18.7 Å². The number of benzene rings is 2. The summed E-state index contributed by atoms with van der Waals surface area (Å²) in [6.07, 6.45) is 8.55. The molecule has 2 aromatic heterocycles. The molecular formula is C58H70F2N12O2. The van der Waals surface area contributed by atoms with Crippen molar-refractivity contribution in [3.63, 3.8) is 0 Å². The summed E-state index contributed by atoms with van der Waals surface area (Å²) in [7, 11) is 8.37. The minimum Gasteiger partial charge on any atom is -0.355 e. The van der Waals surface area contributed by atoms with Crippen molar-refractivity contribution >= 4 is 23.5 Å². The summed E-state index contributed by atoms with van der Waals surface area (Å²) in [4.78, 5) is 51.6. The van der Waals surface area contributed by atoms with Crippen LogP contribution in [0.1, 0.15) is 73.2 Å². The average molecular weight is 1010 g/mol. The summed E-state index contributed by atoms with van der Waals surface area (Å²) in [5.41, 5.74) is 7.04. The molecule has 0 aliphatic carbocycles. The van der Waals surface area contributed by atoms with E-state index in [0.717, 1.165) is 87.5 Å². The topological polar surface area (TPSA) is 133 Å². The molecule has 6 aliphatic heterocycles. The molecule has 0 bridgehead atoms. The van der Waals surface area contributed by atoms with Crippen LogP contribution in [0.25, 0.3) is 22.3 Å². The number of halogens is 2. The molecule has 2 unspecified atom stereocenters. The van der Waals surface area contributed by atoms with Crippen molar-refractivity contribution in [2.75, 3.05) is 103 Å². The maximum Gasteiger partial charge on any atom is 0.245 e. The van der Waals surface area contributed by atoms with Gasteiger partial charge in [0.05, 0.1) is 23.7 Å². The van der Waals surface area contributed by atoms with E-state index in [2.05, 4.69) is 96.7 Å². The molecule has 2 spiro atoms. The Kier molecular flexibility index (Phi) is 15.1. The van der Waals surface area contributed by atoms with E-state index in [0.29, 0.717) is 97.1 Å². The van der Waals surface area contributed by atoms with Crippen LogP contribution in [-0.2, 0) is 35.5 Å². The SMILES string of the molecule is C=CC(=O)N1CC2(CCN(c3nc4c(c(-c5ccccc5F)c3C#N)CCN(C(CC)N(C)C)C4)C2)C1.C=CC(=O)N1CC2(CCN(c3nc4c(c(-c5ccccc5F)c3C#N)CCN(C(CC)N(C)C)C4)C2)C1. The van der Waals surface area contributed by atoms with Gasteiger partial charge in [-0.3, -0.25) is 29.2 Å². The summed E-state index contributed by atoms with van der Waals surface area (Å²) in [5, 5.41) is 20.8. The van der Waals surface area contributed by atoms with Gasteiger partial charge in [0, 0.05) is 112 Å². The van der Waals surface area contributed by atoms with Gasteiger partial charge in [0.1, 0.15) is 46.5 Å². The molecule has 4 saturated heterocycles. The van der Waals surface area contributed by atoms with Crippen molar-refractivity contribution < 1.29 is 18.4 Å². The first-order valence-corrected chi connectivity index (χ1v) is 26.2. The largest absolute Gasteiger partial charge is 0.355 e. The average Bonchev–Trinajstić information content (AvgIpc) is 4.04. The second-order valence-electron chi connectivity index (χ2n) is 21.7. The van der Waals surface area contributed by atoms with Crippen molar-refractivity contribution in [3.05, 3.63) is 119 Å². The highest BCUT2D eigenvalue weighted by molar-refractivity contribution is 5.88. The van der Waals surface area contributed by atoms with Crippen molar-refractivity contribution in [3.8, 4) is 34.4 Å². The van der Waals surface area contributed by atoms with Crippen molar-refractivity contribution in [1.82, 2.24) is 39.4 Å². The van der Waals surface area contributed by atoms with E-state index in [-0.39, 0.29) is 46.6 Å². The zero-order valence-electron chi connectivity index (χ0n) is 44.0. The Hall–Kier alpha value is -6.56. The Labute approximate surface area is 435 Å². The van der Waals surface area contributed by atoms with Crippen molar-refractivity contribution in [1.29, 1.82) is 10.5 Å². The molecular weight excluding hydrogens is 935 g/mol. The molecule has 0 radical (unpaired) electrons. The fourth-order valence-corrected chi connectivity index (χ4v) is 13.0. The number of hydrogen-bond donors (Lipinski definition) is 0. The molecule has 74 heavy (non-hydrogen) atoms. The molecule has 388 valence electrons. The summed E-state index contributed by atoms with van der Waals surface area (Å²) >= 11 is 0. The second kappa shape index (κ2) is 21.4. The van der Waals surface area contributed by atoms with Crippen LogP contribution in [0.2, 0.25) is 0 Å². The molecule has 14 nitrogen and oxygen atoms in total. The Balaban J connectivity index is 0.000000182. The lowest BCUT2D eigenvalue weighted by molar-refractivity contribution is -0.137. The number of carbonyl (C=O) groups excluding carboxylic acids is 2. The summed E-state index contributed by atoms with van der Waals surface area (Å²) in [5.74, 6) is 0.560. The Bertz CT molecular complexity index is 2720. The molecule has 6 aliphatic rings. The number of likely N-dealkylation sites (tertiary alicyclic amines) is 2. The fourth-order valence-electron chi connectivity index (χ4n) is 13.0. The quantitative estimate of drug-likeness (QED) is 0.132. The maximum atomic E-state index is 15.2. The number of rotatable bonds is 12. The van der Waals surface area contributed by atoms with Crippen LogP contribution in [0.5, 0.6) is 0 Å². The standard InChI is InChI=1S/2C29H35FN6O/c2*1-5-25(33(3)4)34-13-11-21-24(16-34)32-28(22(15-31)27(21)20-9-7-8-10-23(20)30)35-14-12-29(17-35)18-36(19-29)26(37)6-2/h2*6-10,25H,2,5,11-14,16-19H2,1,3-4H3. The molecule has 0 N–H and O–H groups in total. The highest BCUT2D eigenvalue weighted by Crippen LogP contribution is 2.47. The van der Waals surface area contributed by atoms with Gasteiger partial charge < -0.3 is 19.6 Å². The van der Waals surface area contributed by atoms with Crippen LogP contribution in [0.15, 0.2) is 73.8 Å². The van der Waals surface area contributed by atoms with Crippen LogP contribution in [0, 0.1) is 45.1 Å². The van der Waals surface area contributed by atoms with Crippen LogP contribution in [0.3, 0.4) is 0 Å². The summed E-state index contributed by atoms with van der Waals surface area (Å²) in [6.45, 7) is 20.3. The van der Waals surface area contributed by atoms with E-state index >= 15 is 8.78 Å². The zero-order chi connectivity index (χ0) is 52.6. The fraction of sp³-hybridized carbons (Fsp3) is 0.483. The molecule has 16 heteroatoms. The van der Waals surface area contributed by atoms with Crippen LogP contribution in [0.4, 0.5) is 20.4 Å². The van der Waals surface area contributed by atoms with Gasteiger partial charge >= 0.3 is 0 Å². The lowest BCUT2D eigenvalue weighted by Crippen LogP contribution is -2.59. The Morgan fingerprint density at radius 2 is 1.03 bits per heavy atom. The number of nitrogens with zero attached hydrogens (tertiary/aromatic N) is 12. The van der Waals surface area contributed by atoms with E-state index in [1.807, 2.05) is 21.9 Å². The van der Waals surface area contributed by atoms with E-state index in [4.69, 9.17) is 9.97 Å². The molecule has 2 aromatic carbocycles. The first-order valence-electron chi connectivity index (χ1n) is 26.2. The van der Waals surface area contributed by atoms with Crippen molar-refractivity contribution in [2.24, 2.45) is 10.8 Å². The zero-order valence-corrected chi connectivity index (χ0v) is 44.0. The van der Waals surface area contributed by atoms with E-state index in [9.17, 15) is 20.1 Å². The molecule has 0 saturated carbocycles. The number of amides is 2. The summed E-state index contributed by atoms with van der Waals surface area (Å²) in [6, 6.07) is 18.3. The number of carbonyl (C=O) groups is 2. The normalized spacial score (nSPS) is 19.5. The third-order valence-electron chi connectivity index (χ3n) is 16.6. The first kappa shape index (κ1) is 52.3. The Morgan fingerprint density at radius 1 is 0.649 bits per heavy atom. The van der Waals surface area contributed by atoms with Gasteiger partial charge in [-0.2, -0.15) is 10.5 Å². The lowest BCUT2D eigenvalue weighted by atomic mass is 9.79. The second-order valence-corrected chi connectivity index (χ2v) is 21.7. The molecule has 4 aromatic rings. The van der Waals surface area contributed by atoms with E-state index in [1.54, 1.807) is 24.3 Å². The third kappa shape index (κ3) is 9.69. The monoisotopic (exact) mass is 1000 g/mol. The number of nitriles is 2. The number of fused-ring (bicyclic) bond motifs is 2. The number of anilines is 2.